The number of benzene rings is 2. The van der Waals surface area contributed by atoms with E-state index in [1.807, 2.05) is 6.92 Å². The molecule has 30 heavy (non-hydrogen) atoms. The van der Waals surface area contributed by atoms with Crippen LogP contribution < -0.4 is 10.1 Å². The molecule has 0 saturated heterocycles. The quantitative estimate of drug-likeness (QED) is 0.461. The van der Waals surface area contributed by atoms with Crippen LogP contribution in [0.2, 0.25) is 0 Å². The van der Waals surface area contributed by atoms with Crippen LogP contribution in [-0.4, -0.2) is 21.7 Å². The van der Waals surface area contributed by atoms with Gasteiger partial charge in [-0.2, -0.15) is 22.8 Å². The monoisotopic (exact) mass is 412 g/mol. The molecule has 0 spiro atoms. The number of methoxy groups -OCH3 is 1. The smallest absolute Gasteiger partial charge is 0.435 e. The standard InChI is InChI=1S/C22H19F3N4O/c1-13-7-9-15(10-8-13)19-20(22(23,24)25)28-29-18(11-14(2)26-21(19)29)27-16-5-4-6-17(12-16)30-3/h4-12,27H,1-3H3. The number of nitrogens with zero attached hydrogens (tertiary/aromatic N) is 3. The molecule has 0 aliphatic carbocycles. The van der Waals surface area contributed by atoms with Gasteiger partial charge < -0.3 is 10.1 Å². The summed E-state index contributed by atoms with van der Waals surface area (Å²) in [6, 6.07) is 15.6. The first-order chi connectivity index (χ1) is 14.3. The minimum absolute atomic E-state index is 0.0418. The first kappa shape index (κ1) is 19.8. The first-order valence-electron chi connectivity index (χ1n) is 9.22. The maximum absolute atomic E-state index is 13.9. The third-order valence-electron chi connectivity index (χ3n) is 4.67. The highest BCUT2D eigenvalue weighted by Crippen LogP contribution is 2.39. The number of aryl methyl sites for hydroxylation is 2. The van der Waals surface area contributed by atoms with Crippen LogP contribution in [0, 0.1) is 13.8 Å². The summed E-state index contributed by atoms with van der Waals surface area (Å²) >= 11 is 0. The Labute approximate surface area is 171 Å². The van der Waals surface area contributed by atoms with Crippen molar-refractivity contribution in [2.24, 2.45) is 0 Å². The van der Waals surface area contributed by atoms with E-state index < -0.39 is 11.9 Å². The van der Waals surface area contributed by atoms with Crippen LogP contribution in [0.3, 0.4) is 0 Å². The van der Waals surface area contributed by atoms with Crippen LogP contribution >= 0.6 is 0 Å². The molecular formula is C22H19F3N4O. The molecule has 2 heterocycles. The number of ether oxygens (including phenoxy) is 1. The highest BCUT2D eigenvalue weighted by atomic mass is 19.4. The fraction of sp³-hybridized carbons (Fsp3) is 0.182. The summed E-state index contributed by atoms with van der Waals surface area (Å²) in [4.78, 5) is 4.38. The average molecular weight is 412 g/mol. The van der Waals surface area contributed by atoms with Crippen LogP contribution in [0.5, 0.6) is 5.75 Å². The van der Waals surface area contributed by atoms with E-state index in [1.54, 1.807) is 68.6 Å². The van der Waals surface area contributed by atoms with Crippen molar-refractivity contribution < 1.29 is 17.9 Å². The molecule has 5 nitrogen and oxygen atoms in total. The van der Waals surface area contributed by atoms with Gasteiger partial charge in [-0.25, -0.2) is 4.98 Å². The van der Waals surface area contributed by atoms with Crippen molar-refractivity contribution in [3.05, 3.63) is 71.5 Å². The third-order valence-corrected chi connectivity index (χ3v) is 4.67. The van der Waals surface area contributed by atoms with E-state index in [-0.39, 0.29) is 11.2 Å². The van der Waals surface area contributed by atoms with Gasteiger partial charge in [-0.15, -0.1) is 0 Å². The Morgan fingerprint density at radius 3 is 2.40 bits per heavy atom. The van der Waals surface area contributed by atoms with Gasteiger partial charge in [0.15, 0.2) is 11.3 Å². The van der Waals surface area contributed by atoms with Crippen LogP contribution in [0.4, 0.5) is 24.7 Å². The molecule has 154 valence electrons. The Balaban J connectivity index is 1.94. The topological polar surface area (TPSA) is 51.5 Å². The van der Waals surface area contributed by atoms with Crippen LogP contribution in [-0.2, 0) is 6.18 Å². The molecular weight excluding hydrogens is 393 g/mol. The second-order valence-corrected chi connectivity index (χ2v) is 6.96. The number of fused-ring (bicyclic) bond motifs is 1. The molecule has 0 bridgehead atoms. The van der Waals surface area contributed by atoms with E-state index in [0.29, 0.717) is 28.5 Å². The lowest BCUT2D eigenvalue weighted by atomic mass is 10.0. The van der Waals surface area contributed by atoms with E-state index in [2.05, 4.69) is 15.4 Å². The molecule has 0 radical (unpaired) electrons. The molecule has 1 N–H and O–H groups in total. The summed E-state index contributed by atoms with van der Waals surface area (Å²) in [6.45, 7) is 3.61. The predicted molar refractivity (Wildman–Crippen MR) is 109 cm³/mol. The zero-order chi connectivity index (χ0) is 21.5. The van der Waals surface area contributed by atoms with E-state index in [0.717, 1.165) is 5.56 Å². The minimum atomic E-state index is -4.63. The molecule has 0 aliphatic heterocycles. The number of hydrogen-bond acceptors (Lipinski definition) is 4. The molecule has 2 aromatic heterocycles. The number of halogens is 3. The van der Waals surface area contributed by atoms with E-state index in [1.165, 1.54) is 4.52 Å². The van der Waals surface area contributed by atoms with Gasteiger partial charge in [-0.3, -0.25) is 0 Å². The van der Waals surface area contributed by atoms with Gasteiger partial charge in [0.2, 0.25) is 0 Å². The third kappa shape index (κ3) is 3.68. The largest absolute Gasteiger partial charge is 0.497 e. The van der Waals surface area contributed by atoms with Gasteiger partial charge in [-0.05, 0) is 31.5 Å². The Morgan fingerprint density at radius 2 is 1.73 bits per heavy atom. The molecule has 0 fully saturated rings. The maximum Gasteiger partial charge on any atom is 0.435 e. The van der Waals surface area contributed by atoms with Gasteiger partial charge >= 0.3 is 6.18 Å². The molecule has 0 aliphatic rings. The number of nitrogens with one attached hydrogen (secondary N) is 1. The summed E-state index contributed by atoms with van der Waals surface area (Å²) in [5.41, 5.74) is 1.70. The Hall–Kier alpha value is -3.55. The van der Waals surface area contributed by atoms with Crippen LogP contribution in [0.15, 0.2) is 54.6 Å². The molecule has 4 aromatic rings. The van der Waals surface area contributed by atoms with Gasteiger partial charge in [0.25, 0.3) is 0 Å². The fourth-order valence-corrected chi connectivity index (χ4v) is 3.26. The van der Waals surface area contributed by atoms with Crippen molar-refractivity contribution in [1.29, 1.82) is 0 Å². The minimum Gasteiger partial charge on any atom is -0.497 e. The van der Waals surface area contributed by atoms with Gasteiger partial charge in [0.05, 0.1) is 12.7 Å². The van der Waals surface area contributed by atoms with Crippen molar-refractivity contribution in [2.45, 2.75) is 20.0 Å². The van der Waals surface area contributed by atoms with E-state index in [9.17, 15) is 13.2 Å². The first-order valence-corrected chi connectivity index (χ1v) is 9.22. The summed E-state index contributed by atoms with van der Waals surface area (Å²) in [5.74, 6) is 0.994. The summed E-state index contributed by atoms with van der Waals surface area (Å²) in [7, 11) is 1.55. The molecule has 0 amide bonds. The normalized spacial score (nSPS) is 11.7. The molecule has 0 saturated carbocycles. The molecule has 2 aromatic carbocycles. The molecule has 8 heteroatoms. The van der Waals surface area contributed by atoms with Crippen molar-refractivity contribution in [3.63, 3.8) is 0 Å². The number of hydrogen-bond donors (Lipinski definition) is 1. The molecule has 4 rings (SSSR count). The zero-order valence-electron chi connectivity index (χ0n) is 16.6. The lowest BCUT2D eigenvalue weighted by Crippen LogP contribution is -2.08. The van der Waals surface area contributed by atoms with Gasteiger partial charge in [0, 0.05) is 23.5 Å². The Kier molecular flexibility index (Phi) is 4.85. The Bertz CT molecular complexity index is 1210. The van der Waals surface area contributed by atoms with Crippen molar-refractivity contribution >= 4 is 17.2 Å². The second-order valence-electron chi connectivity index (χ2n) is 6.96. The predicted octanol–water partition coefficient (Wildman–Crippen LogP) is 5.78. The van der Waals surface area contributed by atoms with E-state index in [4.69, 9.17) is 4.74 Å². The molecule has 0 unspecified atom stereocenters. The van der Waals surface area contributed by atoms with E-state index >= 15 is 0 Å². The van der Waals surface area contributed by atoms with Crippen molar-refractivity contribution in [1.82, 2.24) is 14.6 Å². The lowest BCUT2D eigenvalue weighted by molar-refractivity contribution is -0.140. The summed E-state index contributed by atoms with van der Waals surface area (Å²) < 4.78 is 48.0. The lowest BCUT2D eigenvalue weighted by Gasteiger charge is -2.11. The zero-order valence-corrected chi connectivity index (χ0v) is 16.6. The summed E-state index contributed by atoms with van der Waals surface area (Å²) in [6.07, 6.45) is -4.63. The second kappa shape index (κ2) is 7.37. The van der Waals surface area contributed by atoms with Crippen LogP contribution in [0.1, 0.15) is 17.0 Å². The average Bonchev–Trinajstić information content (AvgIpc) is 3.09. The number of anilines is 2. The van der Waals surface area contributed by atoms with Gasteiger partial charge in [0.1, 0.15) is 11.6 Å². The molecule has 0 atom stereocenters. The maximum atomic E-state index is 13.9. The van der Waals surface area contributed by atoms with Gasteiger partial charge in [-0.1, -0.05) is 35.9 Å². The summed E-state index contributed by atoms with van der Waals surface area (Å²) in [5, 5.41) is 7.03. The number of aromatic nitrogens is 3. The fourth-order valence-electron chi connectivity index (χ4n) is 3.26. The number of alkyl halides is 3. The Morgan fingerprint density at radius 1 is 1.00 bits per heavy atom. The highest BCUT2D eigenvalue weighted by molar-refractivity contribution is 5.82. The van der Waals surface area contributed by atoms with Crippen molar-refractivity contribution in [3.8, 4) is 16.9 Å². The van der Waals surface area contributed by atoms with Crippen LogP contribution in [0.25, 0.3) is 16.8 Å². The number of rotatable bonds is 4. The SMILES string of the molecule is COc1cccc(Nc2cc(C)nc3c(-c4ccc(C)cc4)c(C(F)(F)F)nn23)c1. The highest BCUT2D eigenvalue weighted by Gasteiger charge is 2.39. The van der Waals surface area contributed by atoms with Crippen molar-refractivity contribution in [2.75, 3.05) is 12.4 Å².